The van der Waals surface area contributed by atoms with Gasteiger partial charge in [-0.25, -0.2) is 4.98 Å². The van der Waals surface area contributed by atoms with Gasteiger partial charge in [0, 0.05) is 17.7 Å². The zero-order valence-electron chi connectivity index (χ0n) is 11.7. The number of aromatic nitrogens is 3. The third-order valence-electron chi connectivity index (χ3n) is 2.71. The summed E-state index contributed by atoms with van der Waals surface area (Å²) >= 11 is 0. The highest BCUT2D eigenvalue weighted by Crippen LogP contribution is 2.14. The number of anilines is 1. The van der Waals surface area contributed by atoms with E-state index in [1.807, 2.05) is 19.1 Å². The second-order valence-corrected chi connectivity index (χ2v) is 4.50. The maximum absolute atomic E-state index is 11.9. The normalized spacial score (nSPS) is 9.81. The average Bonchev–Trinajstić information content (AvgIpc) is 2.95. The molecule has 2 aromatic rings. The molecule has 0 atom stereocenters. The minimum absolute atomic E-state index is 0.0998. The number of amides is 1. The fourth-order valence-corrected chi connectivity index (χ4v) is 1.86. The number of aliphatic hydroxyl groups excluding tert-OH is 1. The van der Waals surface area contributed by atoms with Crippen LogP contribution in [0.5, 0.6) is 0 Å². The van der Waals surface area contributed by atoms with E-state index in [-0.39, 0.29) is 12.5 Å². The summed E-state index contributed by atoms with van der Waals surface area (Å²) < 4.78 is 1.61. The monoisotopic (exact) mass is 284 g/mol. The molecule has 6 heteroatoms. The van der Waals surface area contributed by atoms with Crippen LogP contribution in [0.3, 0.4) is 0 Å². The molecule has 1 heterocycles. The first-order chi connectivity index (χ1) is 10.2. The summed E-state index contributed by atoms with van der Waals surface area (Å²) in [6.45, 7) is 2.22. The van der Waals surface area contributed by atoms with Gasteiger partial charge in [0.05, 0.1) is 6.54 Å². The van der Waals surface area contributed by atoms with Crippen LogP contribution in [0.2, 0.25) is 0 Å². The number of nitrogens with zero attached hydrogens (tertiary/aromatic N) is 3. The van der Waals surface area contributed by atoms with Gasteiger partial charge in [0.2, 0.25) is 5.91 Å². The van der Waals surface area contributed by atoms with E-state index < -0.39 is 0 Å². The van der Waals surface area contributed by atoms with Gasteiger partial charge in [-0.2, -0.15) is 5.10 Å². The molecule has 0 saturated carbocycles. The predicted molar refractivity (Wildman–Crippen MR) is 78.4 cm³/mol. The molecule has 0 aliphatic heterocycles. The Morgan fingerprint density at radius 1 is 1.43 bits per heavy atom. The summed E-state index contributed by atoms with van der Waals surface area (Å²) in [7, 11) is 0. The van der Waals surface area contributed by atoms with E-state index in [0.29, 0.717) is 18.7 Å². The van der Waals surface area contributed by atoms with Crippen LogP contribution in [0, 0.1) is 18.8 Å². The molecule has 0 fully saturated rings. The van der Waals surface area contributed by atoms with Crippen molar-refractivity contribution >= 4 is 11.6 Å². The average molecular weight is 284 g/mol. The largest absolute Gasteiger partial charge is 0.384 e. The molecule has 0 aliphatic rings. The molecular weight excluding hydrogens is 268 g/mol. The maximum atomic E-state index is 11.9. The minimum atomic E-state index is -0.187. The number of carbonyl (C=O) groups excluding carboxylic acids is 1. The van der Waals surface area contributed by atoms with Gasteiger partial charge in [-0.15, -0.1) is 0 Å². The van der Waals surface area contributed by atoms with Crippen LogP contribution < -0.4 is 5.32 Å². The summed E-state index contributed by atoms with van der Waals surface area (Å²) in [5, 5.41) is 15.5. The van der Waals surface area contributed by atoms with E-state index in [1.54, 1.807) is 17.1 Å². The van der Waals surface area contributed by atoms with Gasteiger partial charge in [-0.1, -0.05) is 11.8 Å². The van der Waals surface area contributed by atoms with Crippen LogP contribution in [-0.4, -0.2) is 32.4 Å². The van der Waals surface area contributed by atoms with Crippen LogP contribution in [0.15, 0.2) is 30.9 Å². The molecule has 0 unspecified atom stereocenters. The number of aryl methyl sites for hydroxylation is 2. The van der Waals surface area contributed by atoms with Gasteiger partial charge in [-0.05, 0) is 30.7 Å². The Morgan fingerprint density at radius 2 is 2.29 bits per heavy atom. The van der Waals surface area contributed by atoms with Crippen molar-refractivity contribution in [1.82, 2.24) is 14.8 Å². The lowest BCUT2D eigenvalue weighted by molar-refractivity contribution is -0.116. The molecule has 1 aromatic heterocycles. The third-order valence-corrected chi connectivity index (χ3v) is 2.71. The lowest BCUT2D eigenvalue weighted by Gasteiger charge is -2.07. The second kappa shape index (κ2) is 7.22. The number of benzene rings is 1. The quantitative estimate of drug-likeness (QED) is 0.820. The molecular formula is C15H16N4O2. The first-order valence-corrected chi connectivity index (χ1v) is 6.51. The lowest BCUT2D eigenvalue weighted by Crippen LogP contribution is -2.14. The molecule has 2 N–H and O–H groups in total. The number of hydrogen-bond donors (Lipinski definition) is 2. The van der Waals surface area contributed by atoms with Gasteiger partial charge in [-0.3, -0.25) is 9.48 Å². The van der Waals surface area contributed by atoms with Gasteiger partial charge < -0.3 is 10.4 Å². The first-order valence-electron chi connectivity index (χ1n) is 6.51. The van der Waals surface area contributed by atoms with Crippen molar-refractivity contribution in [1.29, 1.82) is 0 Å². The predicted octanol–water partition coefficient (Wildman–Crippen LogP) is 0.959. The lowest BCUT2D eigenvalue weighted by atomic mass is 10.1. The molecule has 1 amide bonds. The number of aliphatic hydroxyl groups is 1. The molecule has 0 aliphatic carbocycles. The van der Waals surface area contributed by atoms with Crippen LogP contribution in [0.25, 0.3) is 0 Å². The highest BCUT2D eigenvalue weighted by Gasteiger charge is 2.04. The second-order valence-electron chi connectivity index (χ2n) is 4.50. The highest BCUT2D eigenvalue weighted by molar-refractivity contribution is 5.90. The molecule has 2 rings (SSSR count). The third kappa shape index (κ3) is 4.75. The molecule has 0 radical (unpaired) electrons. The molecule has 0 bridgehead atoms. The van der Waals surface area contributed by atoms with E-state index in [1.165, 1.54) is 6.33 Å². The Hall–Kier alpha value is -2.65. The fraction of sp³-hybridized carbons (Fsp3) is 0.267. The van der Waals surface area contributed by atoms with Gasteiger partial charge >= 0.3 is 0 Å². The Balaban J connectivity index is 1.98. The van der Waals surface area contributed by atoms with E-state index in [9.17, 15) is 4.79 Å². The van der Waals surface area contributed by atoms with Crippen molar-refractivity contribution < 1.29 is 9.90 Å². The molecule has 21 heavy (non-hydrogen) atoms. The van der Waals surface area contributed by atoms with E-state index >= 15 is 0 Å². The Bertz CT molecular complexity index is 669. The standard InChI is InChI=1S/C15H16N4O2/c1-12-7-13(3-2-6-20)9-14(8-12)18-15(21)4-5-19-11-16-10-17-19/h7-11,20H,4-6H2,1H3,(H,18,21). The number of hydrogen-bond acceptors (Lipinski definition) is 4. The number of rotatable bonds is 4. The Kier molecular flexibility index (Phi) is 5.07. The molecule has 1 aromatic carbocycles. The summed E-state index contributed by atoms with van der Waals surface area (Å²) in [6.07, 6.45) is 3.32. The SMILES string of the molecule is Cc1cc(C#CCO)cc(NC(=O)CCn2cncn2)c1. The van der Waals surface area contributed by atoms with Crippen LogP contribution in [0.4, 0.5) is 5.69 Å². The molecule has 0 spiro atoms. The van der Waals surface area contributed by atoms with Gasteiger partial charge in [0.1, 0.15) is 19.3 Å². The van der Waals surface area contributed by atoms with Gasteiger partial charge in [0.25, 0.3) is 0 Å². The molecule has 0 saturated heterocycles. The smallest absolute Gasteiger partial charge is 0.226 e. The fourth-order valence-electron chi connectivity index (χ4n) is 1.86. The van der Waals surface area contributed by atoms with E-state index in [0.717, 1.165) is 11.1 Å². The van der Waals surface area contributed by atoms with E-state index in [4.69, 9.17) is 5.11 Å². The van der Waals surface area contributed by atoms with Crippen LogP contribution in [-0.2, 0) is 11.3 Å². The van der Waals surface area contributed by atoms with Crippen LogP contribution >= 0.6 is 0 Å². The van der Waals surface area contributed by atoms with Crippen molar-refractivity contribution in [2.45, 2.75) is 19.9 Å². The minimum Gasteiger partial charge on any atom is -0.384 e. The van der Waals surface area contributed by atoms with Crippen molar-refractivity contribution in [2.75, 3.05) is 11.9 Å². The summed E-state index contributed by atoms with van der Waals surface area (Å²) in [5.74, 6) is 5.32. The van der Waals surface area contributed by atoms with Crippen LogP contribution in [0.1, 0.15) is 17.5 Å². The first kappa shape index (κ1) is 14.8. The summed E-state index contributed by atoms with van der Waals surface area (Å²) in [4.78, 5) is 15.7. The van der Waals surface area contributed by atoms with Crippen molar-refractivity contribution in [2.24, 2.45) is 0 Å². The highest BCUT2D eigenvalue weighted by atomic mass is 16.2. The van der Waals surface area contributed by atoms with E-state index in [2.05, 4.69) is 27.2 Å². The summed E-state index contributed by atoms with van der Waals surface area (Å²) in [5.41, 5.74) is 2.45. The number of nitrogens with one attached hydrogen (secondary N) is 1. The van der Waals surface area contributed by atoms with Crippen molar-refractivity contribution in [3.63, 3.8) is 0 Å². The zero-order valence-corrected chi connectivity index (χ0v) is 11.7. The zero-order chi connectivity index (χ0) is 15.1. The van der Waals surface area contributed by atoms with Crippen molar-refractivity contribution in [3.8, 4) is 11.8 Å². The number of carbonyl (C=O) groups is 1. The maximum Gasteiger partial charge on any atom is 0.226 e. The molecule has 6 nitrogen and oxygen atoms in total. The summed E-state index contributed by atoms with van der Waals surface area (Å²) in [6, 6.07) is 5.55. The molecule has 108 valence electrons. The topological polar surface area (TPSA) is 80.0 Å². The van der Waals surface area contributed by atoms with Gasteiger partial charge in [0.15, 0.2) is 0 Å². The Labute approximate surface area is 122 Å². The van der Waals surface area contributed by atoms with Crippen molar-refractivity contribution in [3.05, 3.63) is 42.0 Å². The Morgan fingerprint density at radius 3 is 3.00 bits per heavy atom.